The third kappa shape index (κ3) is 6.10. The zero-order valence-corrected chi connectivity index (χ0v) is 21.3. The number of aromatic hydroxyl groups is 4. The van der Waals surface area contributed by atoms with Crippen LogP contribution in [0, 0.1) is 20.2 Å². The molecule has 0 aromatic heterocycles. The van der Waals surface area contributed by atoms with Gasteiger partial charge in [-0.05, 0) is 48.5 Å². The predicted molar refractivity (Wildman–Crippen MR) is 146 cm³/mol. The number of aliphatic imine (C=N–C) groups is 2. The molecule has 0 saturated carbocycles. The van der Waals surface area contributed by atoms with Gasteiger partial charge >= 0.3 is 0 Å². The summed E-state index contributed by atoms with van der Waals surface area (Å²) in [6, 6.07) is 12.8. The van der Waals surface area contributed by atoms with E-state index in [9.17, 15) is 49.1 Å². The van der Waals surface area contributed by atoms with Gasteiger partial charge in [-0.15, -0.1) is 0 Å². The molecule has 0 aliphatic heterocycles. The zero-order valence-electron chi connectivity index (χ0n) is 20.5. The molecule has 0 atom stereocenters. The van der Waals surface area contributed by atoms with Gasteiger partial charge in [0.15, 0.2) is 0 Å². The fraction of sp³-hybridized carbons (Fsp3) is 0. The summed E-state index contributed by atoms with van der Waals surface area (Å²) in [5.74, 6) is -1.51. The SMILES string of the molecule is O=[N+]([O-])c1ccc(O)c(C=Nc2cc(S(=O)(=O)c3ccc(O)c(N=Cc4cc([N+](=O)[O-])ccc4O)c3)ccc2O)c1. The molecule has 0 amide bonds. The van der Waals surface area contributed by atoms with Gasteiger partial charge in [-0.3, -0.25) is 30.2 Å². The molecule has 4 rings (SSSR count). The van der Waals surface area contributed by atoms with Crippen LogP contribution in [0.15, 0.2) is 92.6 Å². The first-order chi connectivity index (χ1) is 19.4. The minimum atomic E-state index is -4.28. The zero-order chi connectivity index (χ0) is 29.9. The van der Waals surface area contributed by atoms with Crippen LogP contribution in [0.25, 0.3) is 0 Å². The van der Waals surface area contributed by atoms with Gasteiger partial charge in [-0.25, -0.2) is 8.42 Å². The lowest BCUT2D eigenvalue weighted by Crippen LogP contribution is -2.01. The second kappa shape index (κ2) is 11.1. The van der Waals surface area contributed by atoms with Crippen molar-refractivity contribution in [2.75, 3.05) is 0 Å². The van der Waals surface area contributed by atoms with E-state index in [1.807, 2.05) is 0 Å². The van der Waals surface area contributed by atoms with Crippen molar-refractivity contribution >= 4 is 45.0 Å². The van der Waals surface area contributed by atoms with E-state index >= 15 is 0 Å². The molecule has 0 aliphatic carbocycles. The largest absolute Gasteiger partial charge is 0.507 e. The highest BCUT2D eigenvalue weighted by molar-refractivity contribution is 7.91. The molecule has 15 heteroatoms. The van der Waals surface area contributed by atoms with Gasteiger partial charge in [0.1, 0.15) is 34.4 Å². The first kappa shape index (κ1) is 28.2. The van der Waals surface area contributed by atoms with Gasteiger partial charge in [0, 0.05) is 47.8 Å². The summed E-state index contributed by atoms with van der Waals surface area (Å²) in [5, 5.41) is 62.4. The van der Waals surface area contributed by atoms with Crippen molar-refractivity contribution in [2.45, 2.75) is 9.79 Å². The van der Waals surface area contributed by atoms with Crippen molar-refractivity contribution in [1.82, 2.24) is 0 Å². The normalized spacial score (nSPS) is 11.7. The Kier molecular flexibility index (Phi) is 7.64. The van der Waals surface area contributed by atoms with Gasteiger partial charge in [0.05, 0.1) is 19.6 Å². The third-order valence-corrected chi connectivity index (χ3v) is 7.39. The number of hydrogen-bond donors (Lipinski definition) is 4. The van der Waals surface area contributed by atoms with E-state index in [1.54, 1.807) is 0 Å². The average Bonchev–Trinajstić information content (AvgIpc) is 2.93. The van der Waals surface area contributed by atoms with Crippen LogP contribution in [0.2, 0.25) is 0 Å². The maximum atomic E-state index is 13.4. The number of non-ortho nitro benzene ring substituents is 2. The Bertz CT molecular complexity index is 1740. The predicted octanol–water partition coefficient (Wildman–Crippen LogP) is 4.66. The third-order valence-electron chi connectivity index (χ3n) is 5.64. The van der Waals surface area contributed by atoms with Crippen LogP contribution in [0.4, 0.5) is 22.7 Å². The first-order valence-corrected chi connectivity index (χ1v) is 12.8. The Morgan fingerprint density at radius 3 is 1.32 bits per heavy atom. The van der Waals surface area contributed by atoms with Crippen molar-refractivity contribution in [3.05, 3.63) is 104 Å². The highest BCUT2D eigenvalue weighted by Crippen LogP contribution is 2.35. The van der Waals surface area contributed by atoms with Crippen molar-refractivity contribution in [3.63, 3.8) is 0 Å². The number of phenolic OH excluding ortho intramolecular Hbond substituents is 4. The molecule has 4 N–H and O–H groups in total. The number of nitrogens with zero attached hydrogens (tertiary/aromatic N) is 4. The van der Waals surface area contributed by atoms with Crippen LogP contribution < -0.4 is 0 Å². The van der Waals surface area contributed by atoms with Crippen molar-refractivity contribution in [3.8, 4) is 23.0 Å². The Morgan fingerprint density at radius 2 is 0.951 bits per heavy atom. The van der Waals surface area contributed by atoms with Gasteiger partial charge in [0.2, 0.25) is 9.84 Å². The molecule has 0 bridgehead atoms. The molecule has 0 aliphatic rings. The summed E-state index contributed by atoms with van der Waals surface area (Å²) in [6.07, 6.45) is 2.04. The molecular formula is C26H18N4O10S. The maximum Gasteiger partial charge on any atom is 0.270 e. The molecule has 4 aromatic rings. The number of sulfone groups is 1. The number of hydrogen-bond acceptors (Lipinski definition) is 12. The van der Waals surface area contributed by atoms with Crippen molar-refractivity contribution < 1.29 is 38.7 Å². The van der Waals surface area contributed by atoms with E-state index in [1.165, 1.54) is 0 Å². The Labute approximate surface area is 230 Å². The summed E-state index contributed by atoms with van der Waals surface area (Å²) in [6.45, 7) is 0. The highest BCUT2D eigenvalue weighted by atomic mass is 32.2. The molecular weight excluding hydrogens is 560 g/mol. The average molecular weight is 579 g/mol. The number of phenols is 4. The highest BCUT2D eigenvalue weighted by Gasteiger charge is 2.21. The second-order valence-electron chi connectivity index (χ2n) is 8.32. The van der Waals surface area contributed by atoms with Crippen molar-refractivity contribution in [2.24, 2.45) is 9.98 Å². The maximum absolute atomic E-state index is 13.4. The minimum absolute atomic E-state index is 0.0531. The number of benzene rings is 4. The molecule has 0 unspecified atom stereocenters. The van der Waals surface area contributed by atoms with Crippen molar-refractivity contribution in [1.29, 1.82) is 0 Å². The Hall–Kier alpha value is -5.83. The molecule has 0 saturated heterocycles. The number of rotatable bonds is 8. The second-order valence-corrected chi connectivity index (χ2v) is 10.3. The quantitative estimate of drug-likeness (QED) is 0.128. The van der Waals surface area contributed by atoms with Gasteiger partial charge in [-0.2, -0.15) is 0 Å². The lowest BCUT2D eigenvalue weighted by atomic mass is 10.2. The molecule has 208 valence electrons. The molecule has 41 heavy (non-hydrogen) atoms. The van der Waals surface area contributed by atoms with Crippen LogP contribution in [0.1, 0.15) is 11.1 Å². The molecule has 0 radical (unpaired) electrons. The molecule has 0 heterocycles. The van der Waals surface area contributed by atoms with E-state index in [-0.39, 0.29) is 55.2 Å². The van der Waals surface area contributed by atoms with Crippen LogP contribution >= 0.6 is 0 Å². The van der Waals surface area contributed by atoms with Crippen LogP contribution in [-0.4, -0.2) is 51.1 Å². The topological polar surface area (TPSA) is 226 Å². The fourth-order valence-electron chi connectivity index (χ4n) is 3.48. The molecule has 0 spiro atoms. The minimum Gasteiger partial charge on any atom is -0.507 e. The van der Waals surface area contributed by atoms with E-state index in [4.69, 9.17) is 0 Å². The van der Waals surface area contributed by atoms with Crippen LogP contribution in [0.3, 0.4) is 0 Å². The summed E-state index contributed by atoms with van der Waals surface area (Å²) in [4.78, 5) is 28.0. The number of nitro benzene ring substituents is 2. The van der Waals surface area contributed by atoms with Crippen LogP contribution in [-0.2, 0) is 9.84 Å². The van der Waals surface area contributed by atoms with Gasteiger partial charge in [0.25, 0.3) is 11.4 Å². The Morgan fingerprint density at radius 1 is 0.585 bits per heavy atom. The first-order valence-electron chi connectivity index (χ1n) is 11.3. The fourth-order valence-corrected chi connectivity index (χ4v) is 4.78. The molecule has 14 nitrogen and oxygen atoms in total. The van der Waals surface area contributed by atoms with E-state index in [0.29, 0.717) is 0 Å². The standard InChI is InChI=1S/C26H18N4O10S/c31-23-5-1-17(29(35)36)9-15(23)13-27-21-11-19(3-7-25(21)33)41(39,40)20-4-8-26(34)22(12-20)28-14-16-10-18(30(37)38)2-6-24(16)32/h1-14,31-34H. The number of nitro groups is 2. The summed E-state index contributed by atoms with van der Waals surface area (Å²) < 4.78 is 26.7. The van der Waals surface area contributed by atoms with Gasteiger partial charge in [-0.1, -0.05) is 0 Å². The van der Waals surface area contributed by atoms with E-state index in [0.717, 1.165) is 85.2 Å². The summed E-state index contributed by atoms with van der Waals surface area (Å²) in [7, 11) is -4.28. The van der Waals surface area contributed by atoms with Crippen LogP contribution in [0.5, 0.6) is 23.0 Å². The van der Waals surface area contributed by atoms with E-state index < -0.39 is 31.2 Å². The summed E-state index contributed by atoms with van der Waals surface area (Å²) in [5.41, 5.74) is -1.21. The molecule has 0 fully saturated rings. The lowest BCUT2D eigenvalue weighted by Gasteiger charge is -2.08. The smallest absolute Gasteiger partial charge is 0.270 e. The monoisotopic (exact) mass is 578 g/mol. The molecule has 4 aromatic carbocycles. The lowest BCUT2D eigenvalue weighted by molar-refractivity contribution is -0.385. The summed E-state index contributed by atoms with van der Waals surface area (Å²) >= 11 is 0. The Balaban J connectivity index is 1.68. The van der Waals surface area contributed by atoms with E-state index in [2.05, 4.69) is 9.98 Å². The van der Waals surface area contributed by atoms with Gasteiger partial charge < -0.3 is 20.4 Å².